The van der Waals surface area contributed by atoms with Crippen molar-refractivity contribution in [3.8, 4) is 0 Å². The second-order valence-corrected chi connectivity index (χ2v) is 3.49. The van der Waals surface area contributed by atoms with E-state index in [0.29, 0.717) is 0 Å². The van der Waals surface area contributed by atoms with Gasteiger partial charge in [-0.15, -0.1) is 11.3 Å². The molecule has 1 rings (SSSR count). The van der Waals surface area contributed by atoms with Crippen LogP contribution in [0.3, 0.4) is 0 Å². The fourth-order valence-electron chi connectivity index (χ4n) is 0.951. The van der Waals surface area contributed by atoms with Crippen LogP contribution in [0.4, 0.5) is 0 Å². The molecule has 0 radical (unpaired) electrons. The summed E-state index contributed by atoms with van der Waals surface area (Å²) in [5.74, 6) is 0. The summed E-state index contributed by atoms with van der Waals surface area (Å²) in [6.45, 7) is 9.79. The minimum absolute atomic E-state index is 0.951. The van der Waals surface area contributed by atoms with Crippen molar-refractivity contribution in [3.63, 3.8) is 0 Å². The molecule has 64 valence electrons. The maximum absolute atomic E-state index is 4.35. The average molecular weight is 179 g/mol. The van der Waals surface area contributed by atoms with Crippen LogP contribution in [0, 0.1) is 0 Å². The molecule has 0 aliphatic heterocycles. The fraction of sp³-hybridized carbons (Fsp3) is 0.300. The number of thiazole rings is 1. The zero-order chi connectivity index (χ0) is 8.97. The molecule has 0 saturated carbocycles. The van der Waals surface area contributed by atoms with Crippen molar-refractivity contribution < 1.29 is 0 Å². The SMILES string of the molecule is C=Cc1csc(C(=C)CCC)n1. The van der Waals surface area contributed by atoms with Gasteiger partial charge in [0.05, 0.1) is 5.69 Å². The van der Waals surface area contributed by atoms with Gasteiger partial charge in [0.1, 0.15) is 5.01 Å². The third kappa shape index (κ3) is 2.05. The van der Waals surface area contributed by atoms with Gasteiger partial charge in [0.15, 0.2) is 0 Å². The first-order valence-corrected chi connectivity index (χ1v) is 4.92. The number of hydrogen-bond acceptors (Lipinski definition) is 2. The molecule has 0 aliphatic rings. The highest BCUT2D eigenvalue weighted by Gasteiger charge is 2.02. The van der Waals surface area contributed by atoms with Gasteiger partial charge in [0.25, 0.3) is 0 Å². The maximum atomic E-state index is 4.35. The highest BCUT2D eigenvalue weighted by Crippen LogP contribution is 2.21. The zero-order valence-electron chi connectivity index (χ0n) is 7.34. The van der Waals surface area contributed by atoms with Crippen LogP contribution < -0.4 is 0 Å². The quantitative estimate of drug-likeness (QED) is 0.688. The third-order valence-corrected chi connectivity index (χ3v) is 2.55. The average Bonchev–Trinajstić information content (AvgIpc) is 2.52. The number of aromatic nitrogens is 1. The van der Waals surface area contributed by atoms with Gasteiger partial charge >= 0.3 is 0 Å². The highest BCUT2D eigenvalue weighted by atomic mass is 32.1. The Morgan fingerprint density at radius 3 is 3.00 bits per heavy atom. The van der Waals surface area contributed by atoms with Gasteiger partial charge in [0.2, 0.25) is 0 Å². The third-order valence-electron chi connectivity index (χ3n) is 1.59. The molecule has 1 aromatic heterocycles. The lowest BCUT2D eigenvalue weighted by atomic mass is 10.2. The molecule has 0 fully saturated rings. The van der Waals surface area contributed by atoms with Gasteiger partial charge in [0, 0.05) is 5.38 Å². The van der Waals surface area contributed by atoms with Gasteiger partial charge in [-0.1, -0.05) is 26.5 Å². The van der Waals surface area contributed by atoms with E-state index in [1.54, 1.807) is 17.4 Å². The molecule has 0 bridgehead atoms. The van der Waals surface area contributed by atoms with E-state index in [2.05, 4.69) is 25.1 Å². The van der Waals surface area contributed by atoms with E-state index in [4.69, 9.17) is 0 Å². The lowest BCUT2D eigenvalue weighted by Gasteiger charge is -1.96. The Labute approximate surface area is 77.5 Å². The molecular formula is C10H13NS. The van der Waals surface area contributed by atoms with Crippen LogP contribution in [-0.2, 0) is 0 Å². The topological polar surface area (TPSA) is 12.9 Å². The molecule has 12 heavy (non-hydrogen) atoms. The van der Waals surface area contributed by atoms with E-state index in [1.807, 2.05) is 5.38 Å². The molecule has 1 nitrogen and oxygen atoms in total. The monoisotopic (exact) mass is 179 g/mol. The highest BCUT2D eigenvalue weighted by molar-refractivity contribution is 7.10. The zero-order valence-corrected chi connectivity index (χ0v) is 8.16. The lowest BCUT2D eigenvalue weighted by molar-refractivity contribution is 0.972. The summed E-state index contributed by atoms with van der Waals surface area (Å²) in [6.07, 6.45) is 3.92. The molecule has 2 heteroatoms. The molecule has 0 saturated heterocycles. The number of nitrogens with zero attached hydrogens (tertiary/aromatic N) is 1. The molecule has 0 unspecified atom stereocenters. The van der Waals surface area contributed by atoms with Crippen LogP contribution >= 0.6 is 11.3 Å². The van der Waals surface area contributed by atoms with Gasteiger partial charge in [-0.25, -0.2) is 4.98 Å². The number of rotatable bonds is 4. The summed E-state index contributed by atoms with van der Waals surface area (Å²) in [4.78, 5) is 4.35. The Morgan fingerprint density at radius 2 is 2.50 bits per heavy atom. The van der Waals surface area contributed by atoms with Crippen LogP contribution in [0.2, 0.25) is 0 Å². The first kappa shape index (κ1) is 9.20. The van der Waals surface area contributed by atoms with Crippen molar-refractivity contribution in [2.75, 3.05) is 0 Å². The van der Waals surface area contributed by atoms with Crippen molar-refractivity contribution in [2.45, 2.75) is 19.8 Å². The smallest absolute Gasteiger partial charge is 0.119 e. The Kier molecular flexibility index (Phi) is 3.23. The van der Waals surface area contributed by atoms with Gasteiger partial charge in [-0.2, -0.15) is 0 Å². The van der Waals surface area contributed by atoms with Gasteiger partial charge in [-0.3, -0.25) is 0 Å². The molecule has 0 aromatic carbocycles. The number of hydrogen-bond donors (Lipinski definition) is 0. The Hall–Kier alpha value is -0.890. The molecule has 0 amide bonds. The van der Waals surface area contributed by atoms with Crippen molar-refractivity contribution in [3.05, 3.63) is 29.2 Å². The molecular weight excluding hydrogens is 166 g/mol. The van der Waals surface area contributed by atoms with Crippen molar-refractivity contribution in [1.29, 1.82) is 0 Å². The summed E-state index contributed by atoms with van der Waals surface area (Å²) in [5, 5.41) is 3.05. The van der Waals surface area contributed by atoms with Crippen LogP contribution in [0.5, 0.6) is 0 Å². The summed E-state index contributed by atoms with van der Waals surface area (Å²) < 4.78 is 0. The van der Waals surface area contributed by atoms with E-state index >= 15 is 0 Å². The normalized spacial score (nSPS) is 9.75. The summed E-state index contributed by atoms with van der Waals surface area (Å²) in [5.41, 5.74) is 2.09. The van der Waals surface area contributed by atoms with E-state index in [9.17, 15) is 0 Å². The van der Waals surface area contributed by atoms with Gasteiger partial charge in [-0.05, 0) is 18.1 Å². The lowest BCUT2D eigenvalue weighted by Crippen LogP contribution is -1.80. The standard InChI is InChI=1S/C10H13NS/c1-4-6-8(3)10-11-9(5-2)7-12-10/h5,7H,2-4,6H2,1H3. The molecule has 0 atom stereocenters. The summed E-state index contributed by atoms with van der Waals surface area (Å²) in [7, 11) is 0. The maximum Gasteiger partial charge on any atom is 0.119 e. The minimum Gasteiger partial charge on any atom is -0.237 e. The minimum atomic E-state index is 0.951. The van der Waals surface area contributed by atoms with E-state index in [-0.39, 0.29) is 0 Å². The summed E-state index contributed by atoms with van der Waals surface area (Å²) >= 11 is 1.64. The van der Waals surface area contributed by atoms with Gasteiger partial charge < -0.3 is 0 Å². The van der Waals surface area contributed by atoms with Crippen LogP contribution in [-0.4, -0.2) is 4.98 Å². The Balaban J connectivity index is 2.74. The Morgan fingerprint density at radius 1 is 1.75 bits per heavy atom. The Bertz CT molecular complexity index is 286. The first-order valence-electron chi connectivity index (χ1n) is 4.04. The fourth-order valence-corrected chi connectivity index (χ4v) is 1.76. The second kappa shape index (κ2) is 4.21. The predicted octanol–water partition coefficient (Wildman–Crippen LogP) is 3.60. The second-order valence-electron chi connectivity index (χ2n) is 2.64. The van der Waals surface area contributed by atoms with E-state index in [0.717, 1.165) is 29.1 Å². The summed E-state index contributed by atoms with van der Waals surface area (Å²) in [6, 6.07) is 0. The predicted molar refractivity (Wildman–Crippen MR) is 56.1 cm³/mol. The molecule has 1 heterocycles. The van der Waals surface area contributed by atoms with Crippen molar-refractivity contribution >= 4 is 23.0 Å². The van der Waals surface area contributed by atoms with E-state index < -0.39 is 0 Å². The van der Waals surface area contributed by atoms with Crippen LogP contribution in [0.1, 0.15) is 30.5 Å². The number of allylic oxidation sites excluding steroid dienone is 1. The first-order chi connectivity index (χ1) is 5.77. The molecule has 1 aromatic rings. The van der Waals surface area contributed by atoms with Crippen LogP contribution in [0.25, 0.3) is 11.6 Å². The molecule has 0 spiro atoms. The largest absolute Gasteiger partial charge is 0.237 e. The van der Waals surface area contributed by atoms with Crippen molar-refractivity contribution in [1.82, 2.24) is 4.98 Å². The van der Waals surface area contributed by atoms with Crippen molar-refractivity contribution in [2.24, 2.45) is 0 Å². The molecule has 0 aliphatic carbocycles. The van der Waals surface area contributed by atoms with E-state index in [1.165, 1.54) is 0 Å². The van der Waals surface area contributed by atoms with Crippen LogP contribution in [0.15, 0.2) is 18.5 Å². The molecule has 0 N–H and O–H groups in total.